The first-order valence-electron chi connectivity index (χ1n) is 6.84. The maximum Gasteiger partial charge on any atom is 0.190 e. The van der Waals surface area contributed by atoms with Gasteiger partial charge in [-0.05, 0) is 29.8 Å². The first-order chi connectivity index (χ1) is 10.3. The summed E-state index contributed by atoms with van der Waals surface area (Å²) in [6.45, 7) is 0. The fraction of sp³-hybridized carbons (Fsp3) is 0. The minimum Gasteiger partial charge on any atom is -0.455 e. The summed E-state index contributed by atoms with van der Waals surface area (Å²) in [6, 6.07) is 23.0. The van der Waals surface area contributed by atoms with Gasteiger partial charge in [-0.1, -0.05) is 48.5 Å². The first kappa shape index (κ1) is 11.9. The standard InChI is InChI=1S/C19H12O2/c20-16-11-10-15-12-14-8-4-5-9-17(14)21-19(15)18(16)13-6-2-1-3-7-13/h1-12H. The zero-order valence-electron chi connectivity index (χ0n) is 11.2. The van der Waals surface area contributed by atoms with Gasteiger partial charge in [0.2, 0.25) is 0 Å². The van der Waals surface area contributed by atoms with Crippen LogP contribution in [0.1, 0.15) is 0 Å². The van der Waals surface area contributed by atoms with Crippen molar-refractivity contribution in [3.63, 3.8) is 0 Å². The highest BCUT2D eigenvalue weighted by Gasteiger charge is 2.16. The Bertz CT molecular complexity index is 952. The molecule has 2 aliphatic rings. The minimum absolute atomic E-state index is 0.0206. The van der Waals surface area contributed by atoms with Crippen LogP contribution in [0.4, 0.5) is 0 Å². The molecule has 2 aromatic rings. The quantitative estimate of drug-likeness (QED) is 0.475. The van der Waals surface area contributed by atoms with E-state index in [0.717, 1.165) is 22.1 Å². The van der Waals surface area contributed by atoms with E-state index in [1.54, 1.807) is 6.07 Å². The summed E-state index contributed by atoms with van der Waals surface area (Å²) in [5.41, 5.74) is 3.21. The summed E-state index contributed by atoms with van der Waals surface area (Å²) >= 11 is 0. The number of fused-ring (bicyclic) bond motifs is 2. The van der Waals surface area contributed by atoms with Crippen molar-refractivity contribution in [1.29, 1.82) is 0 Å². The van der Waals surface area contributed by atoms with Crippen LogP contribution in [-0.4, -0.2) is 0 Å². The Balaban J connectivity index is 2.13. The van der Waals surface area contributed by atoms with Crippen molar-refractivity contribution < 1.29 is 4.42 Å². The fourth-order valence-electron chi connectivity index (χ4n) is 2.65. The molecule has 1 heterocycles. The molecule has 0 amide bonds. The van der Waals surface area contributed by atoms with E-state index in [4.69, 9.17) is 4.42 Å². The van der Waals surface area contributed by atoms with Gasteiger partial charge >= 0.3 is 0 Å². The fourth-order valence-corrected chi connectivity index (χ4v) is 2.65. The van der Waals surface area contributed by atoms with Crippen molar-refractivity contribution >= 4 is 11.0 Å². The largest absolute Gasteiger partial charge is 0.455 e. The van der Waals surface area contributed by atoms with E-state index < -0.39 is 0 Å². The second-order valence-corrected chi connectivity index (χ2v) is 5.01. The molecule has 0 atom stereocenters. The molecule has 4 rings (SSSR count). The lowest BCUT2D eigenvalue weighted by atomic mass is 9.97. The molecule has 100 valence electrons. The number of benzene rings is 3. The molecule has 2 nitrogen and oxygen atoms in total. The lowest BCUT2D eigenvalue weighted by Gasteiger charge is -2.11. The Morgan fingerprint density at radius 3 is 2.33 bits per heavy atom. The van der Waals surface area contributed by atoms with Gasteiger partial charge < -0.3 is 4.42 Å². The van der Waals surface area contributed by atoms with Crippen molar-refractivity contribution in [3.05, 3.63) is 83.0 Å². The molecule has 0 bridgehead atoms. The third-order valence-electron chi connectivity index (χ3n) is 3.65. The molecular formula is C19H12O2. The molecule has 21 heavy (non-hydrogen) atoms. The lowest BCUT2D eigenvalue weighted by molar-refractivity contribution is 0.620. The van der Waals surface area contributed by atoms with Crippen molar-refractivity contribution in [1.82, 2.24) is 0 Å². The zero-order chi connectivity index (χ0) is 14.2. The molecule has 2 aromatic carbocycles. The van der Waals surface area contributed by atoms with Crippen LogP contribution >= 0.6 is 0 Å². The molecule has 0 fully saturated rings. The maximum atomic E-state index is 12.3. The predicted molar refractivity (Wildman–Crippen MR) is 84.5 cm³/mol. The van der Waals surface area contributed by atoms with Gasteiger partial charge in [0, 0.05) is 10.9 Å². The topological polar surface area (TPSA) is 30.2 Å². The van der Waals surface area contributed by atoms with E-state index in [1.807, 2.05) is 60.7 Å². The molecule has 2 heteroatoms. The van der Waals surface area contributed by atoms with Gasteiger partial charge in [0.05, 0.1) is 5.56 Å². The number of rotatable bonds is 1. The average Bonchev–Trinajstić information content (AvgIpc) is 2.54. The Hall–Kier alpha value is -2.87. The van der Waals surface area contributed by atoms with E-state index in [2.05, 4.69) is 6.07 Å². The van der Waals surface area contributed by atoms with Crippen LogP contribution in [0, 0.1) is 0 Å². The highest BCUT2D eigenvalue weighted by molar-refractivity contribution is 5.88. The van der Waals surface area contributed by atoms with Gasteiger partial charge in [0.1, 0.15) is 11.3 Å². The third-order valence-corrected chi connectivity index (χ3v) is 3.65. The van der Waals surface area contributed by atoms with Gasteiger partial charge in [0.15, 0.2) is 5.43 Å². The summed E-state index contributed by atoms with van der Waals surface area (Å²) in [4.78, 5) is 12.3. The van der Waals surface area contributed by atoms with Crippen molar-refractivity contribution in [2.24, 2.45) is 0 Å². The van der Waals surface area contributed by atoms with E-state index in [0.29, 0.717) is 11.3 Å². The molecule has 0 radical (unpaired) electrons. The normalized spacial score (nSPS) is 11.0. The maximum absolute atomic E-state index is 12.3. The summed E-state index contributed by atoms with van der Waals surface area (Å²) in [7, 11) is 0. The van der Waals surface area contributed by atoms with Crippen LogP contribution in [-0.2, 0) is 0 Å². The second kappa shape index (κ2) is 4.60. The van der Waals surface area contributed by atoms with Gasteiger partial charge in [-0.3, -0.25) is 4.79 Å². The molecule has 1 aliphatic heterocycles. The molecule has 0 spiro atoms. The molecule has 0 N–H and O–H groups in total. The highest BCUT2D eigenvalue weighted by Crippen LogP contribution is 2.34. The van der Waals surface area contributed by atoms with Crippen molar-refractivity contribution in [3.8, 4) is 22.5 Å². The Morgan fingerprint density at radius 2 is 1.48 bits per heavy atom. The molecule has 0 saturated carbocycles. The molecular weight excluding hydrogens is 260 g/mol. The van der Waals surface area contributed by atoms with Crippen LogP contribution in [0.5, 0.6) is 0 Å². The summed E-state index contributed by atoms with van der Waals surface area (Å²) < 4.78 is 6.01. The van der Waals surface area contributed by atoms with Crippen LogP contribution in [0.25, 0.3) is 33.4 Å². The average molecular weight is 272 g/mol. The SMILES string of the molecule is O=c1ccc2cc3ccccc3oc-2c1-c1ccccc1. The number of hydrogen-bond donors (Lipinski definition) is 0. The molecule has 1 aliphatic carbocycles. The van der Waals surface area contributed by atoms with E-state index in [-0.39, 0.29) is 5.43 Å². The Morgan fingerprint density at radius 1 is 0.714 bits per heavy atom. The van der Waals surface area contributed by atoms with Crippen LogP contribution in [0.15, 0.2) is 82.0 Å². The predicted octanol–water partition coefficient (Wildman–Crippen LogP) is 4.56. The summed E-state index contributed by atoms with van der Waals surface area (Å²) in [5.74, 6) is 0.646. The summed E-state index contributed by atoms with van der Waals surface area (Å²) in [5, 5.41) is 1.03. The van der Waals surface area contributed by atoms with Crippen molar-refractivity contribution in [2.45, 2.75) is 0 Å². The van der Waals surface area contributed by atoms with E-state index >= 15 is 0 Å². The minimum atomic E-state index is -0.0206. The van der Waals surface area contributed by atoms with Crippen molar-refractivity contribution in [2.75, 3.05) is 0 Å². The van der Waals surface area contributed by atoms with Crippen LogP contribution < -0.4 is 5.43 Å². The van der Waals surface area contributed by atoms with Crippen LogP contribution in [0.2, 0.25) is 0 Å². The second-order valence-electron chi connectivity index (χ2n) is 5.01. The van der Waals surface area contributed by atoms with Gasteiger partial charge in [-0.15, -0.1) is 0 Å². The third kappa shape index (κ3) is 1.93. The Labute approximate surface area is 121 Å². The first-order valence-corrected chi connectivity index (χ1v) is 6.84. The number of para-hydroxylation sites is 1. The van der Waals surface area contributed by atoms with Gasteiger partial charge in [-0.25, -0.2) is 0 Å². The zero-order valence-corrected chi connectivity index (χ0v) is 11.2. The van der Waals surface area contributed by atoms with E-state index in [9.17, 15) is 4.79 Å². The highest BCUT2D eigenvalue weighted by atomic mass is 16.3. The monoisotopic (exact) mass is 272 g/mol. The van der Waals surface area contributed by atoms with Gasteiger partial charge in [-0.2, -0.15) is 0 Å². The lowest BCUT2D eigenvalue weighted by Crippen LogP contribution is -2.05. The Kier molecular flexibility index (Phi) is 2.61. The molecule has 0 saturated heterocycles. The smallest absolute Gasteiger partial charge is 0.190 e. The molecule has 0 aromatic heterocycles. The molecule has 0 unspecified atom stereocenters. The van der Waals surface area contributed by atoms with Crippen LogP contribution in [0.3, 0.4) is 0 Å². The summed E-state index contributed by atoms with van der Waals surface area (Å²) in [6.07, 6.45) is 0. The van der Waals surface area contributed by atoms with Gasteiger partial charge in [0.25, 0.3) is 0 Å². The van der Waals surface area contributed by atoms with E-state index in [1.165, 1.54) is 0 Å². The number of hydrogen-bond acceptors (Lipinski definition) is 2.